The second-order valence-corrected chi connectivity index (χ2v) is 13.0. The lowest BCUT2D eigenvalue weighted by Crippen LogP contribution is -2.54. The van der Waals surface area contributed by atoms with Crippen molar-refractivity contribution in [3.8, 4) is 5.75 Å². The quantitative estimate of drug-likeness (QED) is 0.172. The summed E-state index contributed by atoms with van der Waals surface area (Å²) >= 11 is 6.40. The fourth-order valence-electron chi connectivity index (χ4n) is 4.86. The van der Waals surface area contributed by atoms with Crippen molar-refractivity contribution in [1.29, 1.82) is 0 Å². The maximum absolute atomic E-state index is 15.1. The highest BCUT2D eigenvalue weighted by molar-refractivity contribution is 7.92. The average Bonchev–Trinajstić information content (AvgIpc) is 3.06. The zero-order valence-electron chi connectivity index (χ0n) is 25.9. The first-order chi connectivity index (χ1) is 22.0. The van der Waals surface area contributed by atoms with Gasteiger partial charge in [0.2, 0.25) is 11.8 Å². The summed E-state index contributed by atoms with van der Waals surface area (Å²) in [6.07, 6.45) is 0.759. The summed E-state index contributed by atoms with van der Waals surface area (Å²) in [5.41, 5.74) is 1.06. The number of carbonyl (C=O) groups is 2. The Hall–Kier alpha value is -4.41. The van der Waals surface area contributed by atoms with E-state index >= 15 is 4.39 Å². The van der Waals surface area contributed by atoms with Crippen LogP contribution in [0.3, 0.4) is 0 Å². The molecule has 0 radical (unpaired) electrons. The van der Waals surface area contributed by atoms with Gasteiger partial charge in [-0.25, -0.2) is 12.8 Å². The zero-order chi connectivity index (χ0) is 33.3. The molecular formula is C35H37ClFN3O5S. The van der Waals surface area contributed by atoms with Crippen LogP contribution in [0.25, 0.3) is 0 Å². The van der Waals surface area contributed by atoms with Gasteiger partial charge in [-0.15, -0.1) is 0 Å². The summed E-state index contributed by atoms with van der Waals surface area (Å²) in [5.74, 6) is -1.39. The van der Waals surface area contributed by atoms with Crippen LogP contribution in [0.1, 0.15) is 31.4 Å². The Morgan fingerprint density at radius 3 is 2.17 bits per heavy atom. The molecule has 4 rings (SSSR count). The molecule has 0 bridgehead atoms. The number of methoxy groups -OCH3 is 1. The van der Waals surface area contributed by atoms with Crippen molar-refractivity contribution < 1.29 is 27.1 Å². The average molecular weight is 666 g/mol. The van der Waals surface area contributed by atoms with Crippen LogP contribution in [0.15, 0.2) is 108 Å². The number of nitrogens with zero attached hydrogens (tertiary/aromatic N) is 2. The number of rotatable bonds is 14. The molecule has 0 saturated carbocycles. The Balaban J connectivity index is 1.83. The van der Waals surface area contributed by atoms with Gasteiger partial charge in [0.15, 0.2) is 0 Å². The van der Waals surface area contributed by atoms with Crippen molar-refractivity contribution in [2.24, 2.45) is 0 Å². The minimum absolute atomic E-state index is 0.0502. The molecule has 0 saturated heterocycles. The van der Waals surface area contributed by atoms with Crippen LogP contribution in [-0.2, 0) is 32.6 Å². The van der Waals surface area contributed by atoms with E-state index in [4.69, 9.17) is 16.3 Å². The van der Waals surface area contributed by atoms with E-state index < -0.39 is 40.2 Å². The van der Waals surface area contributed by atoms with E-state index in [-0.39, 0.29) is 40.2 Å². The van der Waals surface area contributed by atoms with Crippen molar-refractivity contribution in [1.82, 2.24) is 10.2 Å². The first-order valence-corrected chi connectivity index (χ1v) is 16.7. The molecule has 0 aliphatic rings. The van der Waals surface area contributed by atoms with E-state index in [1.54, 1.807) is 24.3 Å². The van der Waals surface area contributed by atoms with Gasteiger partial charge in [-0.2, -0.15) is 0 Å². The van der Waals surface area contributed by atoms with Crippen LogP contribution in [0.4, 0.5) is 10.1 Å². The molecule has 46 heavy (non-hydrogen) atoms. The SMILES string of the molecule is CC[C@H](C)NC(=O)[C@H](Cc1ccccc1)N(Cc1ccccc1F)C(=O)CN(c1ccc(OC)c(Cl)c1)S(=O)(=O)c1ccccc1. The van der Waals surface area contributed by atoms with Crippen LogP contribution in [0.5, 0.6) is 5.75 Å². The van der Waals surface area contributed by atoms with Crippen molar-refractivity contribution in [3.63, 3.8) is 0 Å². The zero-order valence-corrected chi connectivity index (χ0v) is 27.5. The predicted molar refractivity (Wildman–Crippen MR) is 178 cm³/mol. The molecule has 0 spiro atoms. The molecule has 4 aromatic carbocycles. The Kier molecular flexibility index (Phi) is 11.8. The molecule has 242 valence electrons. The fourth-order valence-corrected chi connectivity index (χ4v) is 6.54. The lowest BCUT2D eigenvalue weighted by Gasteiger charge is -2.34. The van der Waals surface area contributed by atoms with Gasteiger partial charge in [0, 0.05) is 24.6 Å². The van der Waals surface area contributed by atoms with Crippen molar-refractivity contribution >= 4 is 39.1 Å². The van der Waals surface area contributed by atoms with Crippen LogP contribution < -0.4 is 14.4 Å². The van der Waals surface area contributed by atoms with Crippen molar-refractivity contribution in [3.05, 3.63) is 125 Å². The van der Waals surface area contributed by atoms with E-state index in [0.717, 1.165) is 9.87 Å². The number of benzene rings is 4. The van der Waals surface area contributed by atoms with Crippen LogP contribution in [0, 0.1) is 5.82 Å². The molecule has 0 heterocycles. The molecular weight excluding hydrogens is 629 g/mol. The number of nitrogens with one attached hydrogen (secondary N) is 1. The molecule has 0 aromatic heterocycles. The lowest BCUT2D eigenvalue weighted by molar-refractivity contribution is -0.140. The van der Waals surface area contributed by atoms with Gasteiger partial charge < -0.3 is 15.0 Å². The fraction of sp³-hybridized carbons (Fsp3) is 0.257. The van der Waals surface area contributed by atoms with Crippen LogP contribution in [0.2, 0.25) is 5.02 Å². The normalized spacial score (nSPS) is 12.5. The molecule has 0 aliphatic carbocycles. The molecule has 0 aliphatic heterocycles. The number of amides is 2. The van der Waals surface area contributed by atoms with Crippen LogP contribution in [-0.4, -0.2) is 50.9 Å². The van der Waals surface area contributed by atoms with E-state index in [1.807, 2.05) is 44.2 Å². The number of halogens is 2. The number of sulfonamides is 1. The minimum Gasteiger partial charge on any atom is -0.495 e. The van der Waals surface area contributed by atoms with Gasteiger partial charge >= 0.3 is 0 Å². The second kappa shape index (κ2) is 15.7. The third-order valence-electron chi connectivity index (χ3n) is 7.60. The molecule has 2 amide bonds. The Bertz CT molecular complexity index is 1740. The Morgan fingerprint density at radius 2 is 1.57 bits per heavy atom. The largest absolute Gasteiger partial charge is 0.495 e. The molecule has 0 fully saturated rings. The van der Waals surface area contributed by atoms with Gasteiger partial charge in [0.25, 0.3) is 10.0 Å². The summed E-state index contributed by atoms with van der Waals surface area (Å²) < 4.78 is 49.4. The molecule has 2 atom stereocenters. The first kappa shape index (κ1) is 34.5. The van der Waals surface area contributed by atoms with E-state index in [9.17, 15) is 18.0 Å². The number of hydrogen-bond acceptors (Lipinski definition) is 5. The molecule has 0 unspecified atom stereocenters. The second-order valence-electron chi connectivity index (χ2n) is 10.8. The van der Waals surface area contributed by atoms with Gasteiger partial charge in [-0.05, 0) is 55.3 Å². The summed E-state index contributed by atoms with van der Waals surface area (Å²) in [5, 5.41) is 3.09. The maximum Gasteiger partial charge on any atom is 0.264 e. The third-order valence-corrected chi connectivity index (χ3v) is 9.69. The highest BCUT2D eigenvalue weighted by Gasteiger charge is 2.35. The van der Waals surface area contributed by atoms with E-state index in [1.165, 1.54) is 60.5 Å². The van der Waals surface area contributed by atoms with Gasteiger partial charge in [-0.1, -0.05) is 85.3 Å². The number of hydrogen-bond donors (Lipinski definition) is 1. The Morgan fingerprint density at radius 1 is 0.935 bits per heavy atom. The smallest absolute Gasteiger partial charge is 0.264 e. The number of anilines is 1. The van der Waals surface area contributed by atoms with E-state index in [2.05, 4.69) is 5.32 Å². The highest BCUT2D eigenvalue weighted by Crippen LogP contribution is 2.32. The van der Waals surface area contributed by atoms with Gasteiger partial charge in [-0.3, -0.25) is 13.9 Å². The molecule has 8 nitrogen and oxygen atoms in total. The number of carbonyl (C=O) groups excluding carboxylic acids is 2. The maximum atomic E-state index is 15.1. The monoisotopic (exact) mass is 665 g/mol. The molecule has 4 aromatic rings. The van der Waals surface area contributed by atoms with Crippen LogP contribution >= 0.6 is 11.6 Å². The predicted octanol–water partition coefficient (Wildman–Crippen LogP) is 6.24. The first-order valence-electron chi connectivity index (χ1n) is 14.8. The summed E-state index contributed by atoms with van der Waals surface area (Å²) in [4.78, 5) is 29.5. The number of ether oxygens (including phenoxy) is 1. The summed E-state index contributed by atoms with van der Waals surface area (Å²) in [7, 11) is -2.88. The molecule has 1 N–H and O–H groups in total. The van der Waals surface area contributed by atoms with Crippen molar-refractivity contribution in [2.75, 3.05) is 18.0 Å². The van der Waals surface area contributed by atoms with Gasteiger partial charge in [0.05, 0.1) is 22.7 Å². The highest BCUT2D eigenvalue weighted by atomic mass is 35.5. The van der Waals surface area contributed by atoms with Gasteiger partial charge in [0.1, 0.15) is 24.2 Å². The summed E-state index contributed by atoms with van der Waals surface area (Å²) in [6.45, 7) is 2.80. The summed E-state index contributed by atoms with van der Waals surface area (Å²) in [6, 6.07) is 25.9. The standard InChI is InChI=1S/C35H37ClFN3O5S/c1-4-25(2)38-35(42)32(21-26-13-7-5-8-14-26)39(23-27-15-11-12-18-31(27)37)34(41)24-40(28-19-20-33(45-3)30(36)22-28)46(43,44)29-16-9-6-10-17-29/h5-20,22,25,32H,4,21,23-24H2,1-3H3,(H,38,42)/t25-,32-/m0/s1. The van der Waals surface area contributed by atoms with Crippen molar-refractivity contribution in [2.45, 2.75) is 50.2 Å². The minimum atomic E-state index is -4.32. The topological polar surface area (TPSA) is 96.0 Å². The molecule has 11 heteroatoms. The third kappa shape index (κ3) is 8.44. The van der Waals surface area contributed by atoms with E-state index in [0.29, 0.717) is 12.2 Å². The Labute approximate surface area is 274 Å². The lowest BCUT2D eigenvalue weighted by atomic mass is 10.0.